The third-order valence-corrected chi connectivity index (χ3v) is 4.99. The smallest absolute Gasteiger partial charge is 0.265 e. The molecular formula is C14H20N4OS2. The zero-order valence-corrected chi connectivity index (χ0v) is 14.2. The van der Waals surface area contributed by atoms with Gasteiger partial charge in [0.05, 0.1) is 6.04 Å². The molecule has 0 radical (unpaired) electrons. The molecule has 1 unspecified atom stereocenters. The minimum atomic E-state index is -0.180. The van der Waals surface area contributed by atoms with Gasteiger partial charge in [-0.15, -0.1) is 11.3 Å². The van der Waals surface area contributed by atoms with Crippen LogP contribution >= 0.6 is 22.7 Å². The molecule has 2 aromatic rings. The fourth-order valence-electron chi connectivity index (χ4n) is 1.82. The SMILES string of the molecule is Cc1ccc(C(C)NC(=O)c2sc(NC(C)C)nc2N)s1. The minimum Gasteiger partial charge on any atom is -0.382 e. The molecule has 5 nitrogen and oxygen atoms in total. The Morgan fingerprint density at radius 3 is 2.57 bits per heavy atom. The summed E-state index contributed by atoms with van der Waals surface area (Å²) in [6, 6.07) is 4.29. The number of aryl methyl sites for hydroxylation is 1. The van der Waals surface area contributed by atoms with Crippen LogP contribution in [0.25, 0.3) is 0 Å². The molecule has 1 atom stereocenters. The molecule has 2 rings (SSSR count). The monoisotopic (exact) mass is 324 g/mol. The van der Waals surface area contributed by atoms with Crippen LogP contribution in [0.3, 0.4) is 0 Å². The van der Waals surface area contributed by atoms with E-state index in [4.69, 9.17) is 5.73 Å². The van der Waals surface area contributed by atoms with Crippen molar-refractivity contribution in [3.8, 4) is 0 Å². The summed E-state index contributed by atoms with van der Waals surface area (Å²) in [4.78, 5) is 19.3. The number of nitrogens with two attached hydrogens (primary N) is 1. The van der Waals surface area contributed by atoms with Crippen molar-refractivity contribution in [2.75, 3.05) is 11.1 Å². The van der Waals surface area contributed by atoms with Gasteiger partial charge in [-0.2, -0.15) is 0 Å². The molecule has 0 aliphatic carbocycles. The number of nitrogens with one attached hydrogen (secondary N) is 2. The number of carbonyl (C=O) groups is 1. The maximum Gasteiger partial charge on any atom is 0.265 e. The molecule has 7 heteroatoms. The van der Waals surface area contributed by atoms with E-state index in [-0.39, 0.29) is 23.8 Å². The van der Waals surface area contributed by atoms with E-state index in [2.05, 4.69) is 15.6 Å². The second kappa shape index (κ2) is 6.44. The Morgan fingerprint density at radius 2 is 2.00 bits per heavy atom. The minimum absolute atomic E-state index is 0.0424. The molecule has 0 aliphatic heterocycles. The summed E-state index contributed by atoms with van der Waals surface area (Å²) in [5.41, 5.74) is 5.84. The number of amides is 1. The Kier molecular flexibility index (Phi) is 4.84. The van der Waals surface area contributed by atoms with Crippen molar-refractivity contribution < 1.29 is 4.79 Å². The van der Waals surface area contributed by atoms with Crippen LogP contribution in [-0.2, 0) is 0 Å². The van der Waals surface area contributed by atoms with Gasteiger partial charge in [-0.1, -0.05) is 11.3 Å². The third kappa shape index (κ3) is 3.95. The van der Waals surface area contributed by atoms with E-state index < -0.39 is 0 Å². The van der Waals surface area contributed by atoms with E-state index in [1.54, 1.807) is 11.3 Å². The van der Waals surface area contributed by atoms with Gasteiger partial charge in [0, 0.05) is 15.8 Å². The van der Waals surface area contributed by atoms with E-state index in [1.807, 2.05) is 39.8 Å². The zero-order chi connectivity index (χ0) is 15.6. The largest absolute Gasteiger partial charge is 0.382 e. The number of thiophene rings is 1. The molecule has 0 aromatic carbocycles. The molecule has 4 N–H and O–H groups in total. The molecule has 0 fully saturated rings. The lowest BCUT2D eigenvalue weighted by Crippen LogP contribution is -2.26. The second-order valence-electron chi connectivity index (χ2n) is 5.18. The van der Waals surface area contributed by atoms with E-state index in [0.717, 1.165) is 4.88 Å². The highest BCUT2D eigenvalue weighted by atomic mass is 32.1. The Morgan fingerprint density at radius 1 is 1.29 bits per heavy atom. The van der Waals surface area contributed by atoms with Crippen LogP contribution in [0.5, 0.6) is 0 Å². The summed E-state index contributed by atoms with van der Waals surface area (Å²) in [6.45, 7) is 8.04. The number of rotatable bonds is 5. The number of carbonyl (C=O) groups excluding carboxylic acids is 1. The summed E-state index contributed by atoms with van der Waals surface area (Å²) in [6.07, 6.45) is 0. The number of hydrogen-bond acceptors (Lipinski definition) is 6. The molecule has 114 valence electrons. The maximum atomic E-state index is 12.3. The Balaban J connectivity index is 2.08. The molecular weight excluding hydrogens is 304 g/mol. The van der Waals surface area contributed by atoms with Gasteiger partial charge in [-0.25, -0.2) is 4.98 Å². The van der Waals surface area contributed by atoms with Crippen LogP contribution in [0.15, 0.2) is 12.1 Å². The van der Waals surface area contributed by atoms with Crippen molar-refractivity contribution in [1.82, 2.24) is 10.3 Å². The van der Waals surface area contributed by atoms with Crippen molar-refractivity contribution in [3.05, 3.63) is 26.8 Å². The number of anilines is 2. The fraction of sp³-hybridized carbons (Fsp3) is 0.429. The highest BCUT2D eigenvalue weighted by Crippen LogP contribution is 2.27. The summed E-state index contributed by atoms with van der Waals surface area (Å²) in [7, 11) is 0. The van der Waals surface area contributed by atoms with Crippen molar-refractivity contribution >= 4 is 39.5 Å². The first-order valence-electron chi connectivity index (χ1n) is 6.77. The zero-order valence-electron chi connectivity index (χ0n) is 12.6. The van der Waals surface area contributed by atoms with E-state index >= 15 is 0 Å². The molecule has 21 heavy (non-hydrogen) atoms. The maximum absolute atomic E-state index is 12.3. The van der Waals surface area contributed by atoms with Crippen LogP contribution in [0, 0.1) is 6.92 Å². The lowest BCUT2D eigenvalue weighted by molar-refractivity contribution is 0.0945. The molecule has 0 bridgehead atoms. The van der Waals surface area contributed by atoms with Crippen LogP contribution in [-0.4, -0.2) is 16.9 Å². The first-order chi connectivity index (χ1) is 9.86. The van der Waals surface area contributed by atoms with Gasteiger partial charge in [0.15, 0.2) is 5.13 Å². The van der Waals surface area contributed by atoms with E-state index in [1.165, 1.54) is 16.2 Å². The summed E-state index contributed by atoms with van der Waals surface area (Å²) in [5, 5.41) is 6.80. The van der Waals surface area contributed by atoms with Crippen LogP contribution in [0.2, 0.25) is 0 Å². The van der Waals surface area contributed by atoms with Crippen LogP contribution in [0.4, 0.5) is 10.9 Å². The molecule has 0 saturated carbocycles. The van der Waals surface area contributed by atoms with Gasteiger partial charge in [0.2, 0.25) is 0 Å². The standard InChI is InChI=1S/C14H20N4OS2/c1-7(2)16-14-18-12(15)11(21-14)13(19)17-9(4)10-6-5-8(3)20-10/h5-7,9H,15H2,1-4H3,(H,16,18)(H,17,19). The highest BCUT2D eigenvalue weighted by molar-refractivity contribution is 7.18. The highest BCUT2D eigenvalue weighted by Gasteiger charge is 2.19. The van der Waals surface area contributed by atoms with E-state index in [0.29, 0.717) is 10.0 Å². The quantitative estimate of drug-likeness (QED) is 0.787. The number of hydrogen-bond donors (Lipinski definition) is 3. The summed E-state index contributed by atoms with van der Waals surface area (Å²) < 4.78 is 0. The number of aromatic nitrogens is 1. The van der Waals surface area contributed by atoms with Crippen molar-refractivity contribution in [2.24, 2.45) is 0 Å². The summed E-state index contributed by atoms with van der Waals surface area (Å²) >= 11 is 2.96. The predicted octanol–water partition coefficient (Wildman–Crippen LogP) is 3.41. The fourth-order valence-corrected chi connectivity index (χ4v) is 3.64. The number of thiazole rings is 1. The van der Waals surface area contributed by atoms with Gasteiger partial charge < -0.3 is 16.4 Å². The lowest BCUT2D eigenvalue weighted by Gasteiger charge is -2.11. The van der Waals surface area contributed by atoms with Crippen LogP contribution < -0.4 is 16.4 Å². The van der Waals surface area contributed by atoms with Crippen molar-refractivity contribution in [2.45, 2.75) is 39.8 Å². The first kappa shape index (κ1) is 15.8. The van der Waals surface area contributed by atoms with Gasteiger partial charge in [0.1, 0.15) is 10.7 Å². The van der Waals surface area contributed by atoms with Crippen LogP contribution in [0.1, 0.15) is 46.2 Å². The molecule has 0 saturated heterocycles. The molecule has 2 aromatic heterocycles. The van der Waals surface area contributed by atoms with Gasteiger partial charge in [-0.3, -0.25) is 4.79 Å². The topological polar surface area (TPSA) is 80.0 Å². The van der Waals surface area contributed by atoms with Crippen molar-refractivity contribution in [3.63, 3.8) is 0 Å². The number of nitrogens with zero attached hydrogens (tertiary/aromatic N) is 1. The van der Waals surface area contributed by atoms with Gasteiger partial charge in [0.25, 0.3) is 5.91 Å². The molecule has 0 aliphatic rings. The molecule has 0 spiro atoms. The lowest BCUT2D eigenvalue weighted by atomic mass is 10.2. The Bertz CT molecular complexity index is 633. The normalized spacial score (nSPS) is 12.4. The molecule has 2 heterocycles. The van der Waals surface area contributed by atoms with E-state index in [9.17, 15) is 4.79 Å². The second-order valence-corrected chi connectivity index (χ2v) is 7.49. The molecule has 1 amide bonds. The Hall–Kier alpha value is -1.60. The van der Waals surface area contributed by atoms with Gasteiger partial charge in [-0.05, 0) is 39.8 Å². The number of nitrogen functional groups attached to an aromatic ring is 1. The average Bonchev–Trinajstić information content (AvgIpc) is 2.95. The third-order valence-electron chi connectivity index (χ3n) is 2.81. The Labute approximate surface area is 132 Å². The first-order valence-corrected chi connectivity index (χ1v) is 8.40. The summed E-state index contributed by atoms with van der Waals surface area (Å²) in [5.74, 6) is 0.0931. The van der Waals surface area contributed by atoms with Crippen molar-refractivity contribution in [1.29, 1.82) is 0 Å². The average molecular weight is 324 g/mol. The van der Waals surface area contributed by atoms with Gasteiger partial charge >= 0.3 is 0 Å². The predicted molar refractivity (Wildman–Crippen MR) is 90.2 cm³/mol.